The Hall–Kier alpha value is -0.160. The van der Waals surface area contributed by atoms with E-state index in [0.29, 0.717) is 0 Å². The monoisotopic (exact) mass is 274 g/mol. The molecule has 1 aromatic rings. The molecule has 12 heavy (non-hydrogen) atoms. The average Bonchev–Trinajstić information content (AvgIpc) is 2.04. The number of alkyl halides is 1. The van der Waals surface area contributed by atoms with Crippen LogP contribution in [-0.2, 0) is 9.97 Å². The van der Waals surface area contributed by atoms with Gasteiger partial charge < -0.3 is 5.32 Å². The molecule has 64 valence electrons. The van der Waals surface area contributed by atoms with Gasteiger partial charge in [0.25, 0.3) is 0 Å². The van der Waals surface area contributed by atoms with Crippen molar-refractivity contribution in [3.8, 4) is 0 Å². The minimum Gasteiger partial charge on any atom is -0.311 e. The van der Waals surface area contributed by atoms with Crippen molar-refractivity contribution in [2.45, 2.75) is 16.9 Å². The standard InChI is InChI=1S/C9H11IN2/c1-9(10)6-12-4-7-2-3-11-5-8(7)9/h2-3,5,12H,4,6H2,1H3. The maximum atomic E-state index is 4.16. The summed E-state index contributed by atoms with van der Waals surface area (Å²) in [6.45, 7) is 4.25. The van der Waals surface area contributed by atoms with E-state index in [-0.39, 0.29) is 3.42 Å². The minimum absolute atomic E-state index is 0.208. The lowest BCUT2D eigenvalue weighted by molar-refractivity contribution is 0.551. The number of nitrogens with zero attached hydrogens (tertiary/aromatic N) is 1. The Bertz CT molecular complexity index is 296. The highest BCUT2D eigenvalue weighted by Crippen LogP contribution is 2.34. The van der Waals surface area contributed by atoms with E-state index in [4.69, 9.17) is 0 Å². The van der Waals surface area contributed by atoms with Gasteiger partial charge in [0, 0.05) is 25.5 Å². The summed E-state index contributed by atoms with van der Waals surface area (Å²) in [5, 5.41) is 3.40. The zero-order valence-electron chi connectivity index (χ0n) is 6.97. The first-order chi connectivity index (χ1) is 5.70. The van der Waals surface area contributed by atoms with Crippen molar-refractivity contribution in [1.82, 2.24) is 10.3 Å². The number of halogens is 1. The van der Waals surface area contributed by atoms with Crippen LogP contribution in [0.4, 0.5) is 0 Å². The second-order valence-electron chi connectivity index (χ2n) is 3.33. The van der Waals surface area contributed by atoms with Crippen LogP contribution in [0.1, 0.15) is 18.1 Å². The van der Waals surface area contributed by atoms with E-state index in [9.17, 15) is 0 Å². The summed E-state index contributed by atoms with van der Waals surface area (Å²) in [7, 11) is 0. The average molecular weight is 274 g/mol. The maximum absolute atomic E-state index is 4.16. The fourth-order valence-corrected chi connectivity index (χ4v) is 2.33. The molecule has 0 saturated carbocycles. The van der Waals surface area contributed by atoms with Crippen LogP contribution in [0.2, 0.25) is 0 Å². The quantitative estimate of drug-likeness (QED) is 0.576. The Balaban J connectivity index is 2.52. The highest BCUT2D eigenvalue weighted by molar-refractivity contribution is 14.1. The van der Waals surface area contributed by atoms with Crippen molar-refractivity contribution < 1.29 is 0 Å². The summed E-state index contributed by atoms with van der Waals surface area (Å²) in [5.41, 5.74) is 2.76. The first kappa shape index (κ1) is 8.44. The molecular formula is C9H11IN2. The molecule has 0 radical (unpaired) electrons. The molecule has 1 unspecified atom stereocenters. The number of pyridine rings is 1. The zero-order valence-corrected chi connectivity index (χ0v) is 9.13. The molecule has 0 aromatic carbocycles. The fourth-order valence-electron chi connectivity index (χ4n) is 1.57. The second-order valence-corrected chi connectivity index (χ2v) is 5.71. The van der Waals surface area contributed by atoms with E-state index in [2.05, 4.69) is 45.9 Å². The predicted molar refractivity (Wildman–Crippen MR) is 57.3 cm³/mol. The molecular weight excluding hydrogens is 263 g/mol. The summed E-state index contributed by atoms with van der Waals surface area (Å²) >= 11 is 2.48. The van der Waals surface area contributed by atoms with Crippen molar-refractivity contribution >= 4 is 22.6 Å². The zero-order chi connectivity index (χ0) is 8.60. The second kappa shape index (κ2) is 2.96. The van der Waals surface area contributed by atoms with E-state index in [0.717, 1.165) is 13.1 Å². The third-order valence-electron chi connectivity index (χ3n) is 2.25. The van der Waals surface area contributed by atoms with E-state index in [1.807, 2.05) is 12.4 Å². The lowest BCUT2D eigenvalue weighted by Crippen LogP contribution is -2.36. The molecule has 0 saturated heterocycles. The fraction of sp³-hybridized carbons (Fsp3) is 0.444. The summed E-state index contributed by atoms with van der Waals surface area (Å²) in [4.78, 5) is 4.16. The molecule has 2 rings (SSSR count). The highest BCUT2D eigenvalue weighted by Gasteiger charge is 2.28. The lowest BCUT2D eigenvalue weighted by Gasteiger charge is -2.30. The van der Waals surface area contributed by atoms with Crippen LogP contribution in [0.3, 0.4) is 0 Å². The predicted octanol–water partition coefficient (Wildman–Crippen LogP) is 1.83. The van der Waals surface area contributed by atoms with Gasteiger partial charge in [-0.2, -0.15) is 0 Å². The molecule has 1 atom stereocenters. The number of hydrogen-bond acceptors (Lipinski definition) is 2. The van der Waals surface area contributed by atoms with Gasteiger partial charge in [-0.05, 0) is 24.1 Å². The molecule has 1 N–H and O–H groups in total. The Morgan fingerprint density at radius 3 is 3.25 bits per heavy atom. The van der Waals surface area contributed by atoms with Crippen LogP contribution >= 0.6 is 22.6 Å². The molecule has 0 amide bonds. The van der Waals surface area contributed by atoms with Crippen molar-refractivity contribution in [3.63, 3.8) is 0 Å². The Kier molecular flexibility index (Phi) is 2.08. The first-order valence-corrected chi connectivity index (χ1v) is 5.11. The number of nitrogens with one attached hydrogen (secondary N) is 1. The lowest BCUT2D eigenvalue weighted by atomic mass is 9.94. The van der Waals surface area contributed by atoms with Crippen molar-refractivity contribution in [2.75, 3.05) is 6.54 Å². The van der Waals surface area contributed by atoms with Crippen molar-refractivity contribution in [3.05, 3.63) is 29.6 Å². The first-order valence-electron chi connectivity index (χ1n) is 4.03. The van der Waals surface area contributed by atoms with Crippen LogP contribution in [0.25, 0.3) is 0 Å². The molecule has 0 aliphatic carbocycles. The van der Waals surface area contributed by atoms with Gasteiger partial charge in [-0.25, -0.2) is 0 Å². The Labute approximate surface area is 85.9 Å². The van der Waals surface area contributed by atoms with E-state index < -0.39 is 0 Å². The smallest absolute Gasteiger partial charge is 0.0584 e. The summed E-state index contributed by atoms with van der Waals surface area (Å²) < 4.78 is 0.208. The highest BCUT2D eigenvalue weighted by atomic mass is 127. The van der Waals surface area contributed by atoms with Gasteiger partial charge >= 0.3 is 0 Å². The maximum Gasteiger partial charge on any atom is 0.0584 e. The molecule has 2 nitrogen and oxygen atoms in total. The Morgan fingerprint density at radius 1 is 1.67 bits per heavy atom. The van der Waals surface area contributed by atoms with Crippen LogP contribution in [0, 0.1) is 0 Å². The molecule has 0 spiro atoms. The summed E-state index contributed by atoms with van der Waals surface area (Å²) in [6, 6.07) is 2.10. The molecule has 0 fully saturated rings. The Morgan fingerprint density at radius 2 is 2.50 bits per heavy atom. The van der Waals surface area contributed by atoms with Crippen LogP contribution < -0.4 is 5.32 Å². The number of rotatable bonds is 0. The van der Waals surface area contributed by atoms with Crippen molar-refractivity contribution in [1.29, 1.82) is 0 Å². The van der Waals surface area contributed by atoms with Gasteiger partial charge in [-0.1, -0.05) is 22.6 Å². The topological polar surface area (TPSA) is 24.9 Å². The van der Waals surface area contributed by atoms with Gasteiger partial charge in [-0.15, -0.1) is 0 Å². The van der Waals surface area contributed by atoms with Gasteiger partial charge in [0.05, 0.1) is 3.42 Å². The molecule has 1 aliphatic rings. The third-order valence-corrected chi connectivity index (χ3v) is 3.21. The molecule has 0 bridgehead atoms. The largest absolute Gasteiger partial charge is 0.311 e. The van der Waals surface area contributed by atoms with E-state index >= 15 is 0 Å². The third kappa shape index (κ3) is 1.35. The number of aromatic nitrogens is 1. The van der Waals surface area contributed by atoms with Crippen LogP contribution in [-0.4, -0.2) is 11.5 Å². The minimum atomic E-state index is 0.208. The van der Waals surface area contributed by atoms with Crippen LogP contribution in [0.5, 0.6) is 0 Å². The van der Waals surface area contributed by atoms with Crippen molar-refractivity contribution in [2.24, 2.45) is 0 Å². The normalized spacial score (nSPS) is 28.2. The van der Waals surface area contributed by atoms with Gasteiger partial charge in [-0.3, -0.25) is 4.98 Å². The molecule has 3 heteroatoms. The van der Waals surface area contributed by atoms with E-state index in [1.165, 1.54) is 11.1 Å². The number of fused-ring (bicyclic) bond motifs is 1. The van der Waals surface area contributed by atoms with Gasteiger partial charge in [0.1, 0.15) is 0 Å². The van der Waals surface area contributed by atoms with E-state index in [1.54, 1.807) is 0 Å². The van der Waals surface area contributed by atoms with Crippen LogP contribution in [0.15, 0.2) is 18.5 Å². The summed E-state index contributed by atoms with van der Waals surface area (Å²) in [5.74, 6) is 0. The van der Waals surface area contributed by atoms with Gasteiger partial charge in [0.15, 0.2) is 0 Å². The SMILES string of the molecule is CC1(I)CNCc2ccncc21. The van der Waals surface area contributed by atoms with Gasteiger partial charge in [0.2, 0.25) is 0 Å². The molecule has 1 aliphatic heterocycles. The molecule has 2 heterocycles. The molecule has 1 aromatic heterocycles. The number of hydrogen-bond donors (Lipinski definition) is 1. The summed E-state index contributed by atoms with van der Waals surface area (Å²) in [6.07, 6.45) is 3.85.